The molecule has 2 heterocycles. The standard InChI is InChI=1S/C14H18N2O2/c1-9-12(3-2-4-13(9)15)14(17)16-7-10-5-6-11(8-16)18-10/h2-4,10-11H,5-8,15H2,1H3. The van der Waals surface area contributed by atoms with E-state index in [0.29, 0.717) is 18.8 Å². The van der Waals surface area contributed by atoms with E-state index in [0.717, 1.165) is 24.0 Å². The summed E-state index contributed by atoms with van der Waals surface area (Å²) in [5.74, 6) is 0.0833. The van der Waals surface area contributed by atoms with Crippen molar-refractivity contribution < 1.29 is 9.53 Å². The van der Waals surface area contributed by atoms with Crippen LogP contribution in [-0.2, 0) is 4.74 Å². The Morgan fingerprint density at radius 3 is 2.67 bits per heavy atom. The van der Waals surface area contributed by atoms with Gasteiger partial charge < -0.3 is 15.4 Å². The zero-order chi connectivity index (χ0) is 12.7. The van der Waals surface area contributed by atoms with Crippen molar-refractivity contribution in [1.82, 2.24) is 4.90 Å². The third-order valence-corrected chi connectivity index (χ3v) is 3.94. The Bertz CT molecular complexity index is 475. The second-order valence-electron chi connectivity index (χ2n) is 5.19. The van der Waals surface area contributed by atoms with E-state index < -0.39 is 0 Å². The lowest BCUT2D eigenvalue weighted by Crippen LogP contribution is -2.46. The van der Waals surface area contributed by atoms with E-state index >= 15 is 0 Å². The molecule has 2 fully saturated rings. The van der Waals surface area contributed by atoms with Crippen molar-refractivity contribution in [3.8, 4) is 0 Å². The van der Waals surface area contributed by atoms with Gasteiger partial charge in [0.1, 0.15) is 0 Å². The number of nitrogens with zero attached hydrogens (tertiary/aromatic N) is 1. The number of benzene rings is 1. The van der Waals surface area contributed by atoms with Gasteiger partial charge >= 0.3 is 0 Å². The molecule has 0 radical (unpaired) electrons. The predicted molar refractivity (Wildman–Crippen MR) is 69.4 cm³/mol. The van der Waals surface area contributed by atoms with Crippen molar-refractivity contribution in [3.63, 3.8) is 0 Å². The molecule has 2 aliphatic rings. The van der Waals surface area contributed by atoms with Crippen LogP contribution in [-0.4, -0.2) is 36.1 Å². The first-order chi connectivity index (χ1) is 8.65. The van der Waals surface area contributed by atoms with Crippen molar-refractivity contribution >= 4 is 11.6 Å². The van der Waals surface area contributed by atoms with Gasteiger partial charge in [-0.2, -0.15) is 0 Å². The fourth-order valence-electron chi connectivity index (χ4n) is 2.84. The van der Waals surface area contributed by atoms with E-state index in [2.05, 4.69) is 0 Å². The molecule has 2 unspecified atom stereocenters. The Kier molecular flexibility index (Phi) is 2.74. The molecule has 2 aliphatic heterocycles. The van der Waals surface area contributed by atoms with E-state index in [-0.39, 0.29) is 18.1 Å². The highest BCUT2D eigenvalue weighted by atomic mass is 16.5. The van der Waals surface area contributed by atoms with Crippen LogP contribution in [0.25, 0.3) is 0 Å². The van der Waals surface area contributed by atoms with E-state index in [9.17, 15) is 4.79 Å². The molecule has 4 nitrogen and oxygen atoms in total. The summed E-state index contributed by atoms with van der Waals surface area (Å²) >= 11 is 0. The molecule has 2 saturated heterocycles. The average molecular weight is 246 g/mol. The summed E-state index contributed by atoms with van der Waals surface area (Å²) in [6.07, 6.45) is 2.61. The van der Waals surface area contributed by atoms with Crippen LogP contribution in [0, 0.1) is 6.92 Å². The molecule has 0 aromatic heterocycles. The van der Waals surface area contributed by atoms with Gasteiger partial charge in [-0.25, -0.2) is 0 Å². The van der Waals surface area contributed by atoms with E-state index in [1.165, 1.54) is 0 Å². The second-order valence-corrected chi connectivity index (χ2v) is 5.19. The van der Waals surface area contributed by atoms with Crippen LogP contribution in [0.3, 0.4) is 0 Å². The van der Waals surface area contributed by atoms with Crippen LogP contribution in [0.5, 0.6) is 0 Å². The number of likely N-dealkylation sites (tertiary alicyclic amines) is 1. The highest BCUT2D eigenvalue weighted by Crippen LogP contribution is 2.28. The van der Waals surface area contributed by atoms with Gasteiger partial charge in [-0.1, -0.05) is 6.07 Å². The second kappa shape index (κ2) is 4.28. The molecular formula is C14H18N2O2. The number of carbonyl (C=O) groups is 1. The summed E-state index contributed by atoms with van der Waals surface area (Å²) in [5, 5.41) is 0. The summed E-state index contributed by atoms with van der Waals surface area (Å²) in [4.78, 5) is 14.4. The lowest BCUT2D eigenvalue weighted by molar-refractivity contribution is -0.0303. The maximum atomic E-state index is 12.5. The van der Waals surface area contributed by atoms with Crippen LogP contribution in [0.1, 0.15) is 28.8 Å². The molecule has 18 heavy (non-hydrogen) atoms. The van der Waals surface area contributed by atoms with E-state index in [4.69, 9.17) is 10.5 Å². The summed E-state index contributed by atoms with van der Waals surface area (Å²) in [6, 6.07) is 5.52. The molecule has 1 aromatic carbocycles. The monoisotopic (exact) mass is 246 g/mol. The lowest BCUT2D eigenvalue weighted by Gasteiger charge is -2.32. The maximum Gasteiger partial charge on any atom is 0.254 e. The molecule has 0 saturated carbocycles. The Balaban J connectivity index is 1.84. The first-order valence-corrected chi connectivity index (χ1v) is 6.45. The molecule has 4 heteroatoms. The van der Waals surface area contributed by atoms with Gasteiger partial charge in [-0.05, 0) is 37.5 Å². The van der Waals surface area contributed by atoms with Gasteiger partial charge in [0.2, 0.25) is 0 Å². The molecule has 3 rings (SSSR count). The Hall–Kier alpha value is -1.55. The summed E-state index contributed by atoms with van der Waals surface area (Å²) in [7, 11) is 0. The number of morpholine rings is 1. The largest absolute Gasteiger partial charge is 0.398 e. The zero-order valence-electron chi connectivity index (χ0n) is 10.6. The number of anilines is 1. The smallest absolute Gasteiger partial charge is 0.254 e. The van der Waals surface area contributed by atoms with Crippen molar-refractivity contribution in [2.45, 2.75) is 32.0 Å². The van der Waals surface area contributed by atoms with Gasteiger partial charge in [0.15, 0.2) is 0 Å². The maximum absolute atomic E-state index is 12.5. The van der Waals surface area contributed by atoms with Crippen LogP contribution >= 0.6 is 0 Å². The number of hydrogen-bond acceptors (Lipinski definition) is 3. The topological polar surface area (TPSA) is 55.6 Å². The number of nitrogens with two attached hydrogens (primary N) is 1. The minimum atomic E-state index is 0.0833. The van der Waals surface area contributed by atoms with Crippen molar-refractivity contribution in [2.24, 2.45) is 0 Å². The van der Waals surface area contributed by atoms with Crippen LogP contribution in [0.15, 0.2) is 18.2 Å². The number of nitrogen functional groups attached to an aromatic ring is 1. The quantitative estimate of drug-likeness (QED) is 0.765. The van der Waals surface area contributed by atoms with Gasteiger partial charge in [0.25, 0.3) is 5.91 Å². The van der Waals surface area contributed by atoms with Crippen molar-refractivity contribution in [1.29, 1.82) is 0 Å². The number of hydrogen-bond donors (Lipinski definition) is 1. The number of amides is 1. The highest BCUT2D eigenvalue weighted by Gasteiger charge is 2.36. The third kappa shape index (κ3) is 1.86. The van der Waals surface area contributed by atoms with Crippen molar-refractivity contribution in [2.75, 3.05) is 18.8 Å². The summed E-state index contributed by atoms with van der Waals surface area (Å²) < 4.78 is 5.75. The summed E-state index contributed by atoms with van der Waals surface area (Å²) in [5.41, 5.74) is 8.13. The first-order valence-electron chi connectivity index (χ1n) is 6.45. The summed E-state index contributed by atoms with van der Waals surface area (Å²) in [6.45, 7) is 3.32. The number of carbonyl (C=O) groups excluding carboxylic acids is 1. The fraction of sp³-hybridized carbons (Fsp3) is 0.500. The number of ether oxygens (including phenoxy) is 1. The normalized spacial score (nSPS) is 26.4. The highest BCUT2D eigenvalue weighted by molar-refractivity contribution is 5.97. The van der Waals surface area contributed by atoms with E-state index in [1.54, 1.807) is 0 Å². The average Bonchev–Trinajstić information content (AvgIpc) is 2.71. The predicted octanol–water partition coefficient (Wildman–Crippen LogP) is 1.58. The Morgan fingerprint density at radius 2 is 2.00 bits per heavy atom. The van der Waals surface area contributed by atoms with Crippen LogP contribution < -0.4 is 5.73 Å². The van der Waals surface area contributed by atoms with Crippen molar-refractivity contribution in [3.05, 3.63) is 29.3 Å². The number of fused-ring (bicyclic) bond motifs is 2. The van der Waals surface area contributed by atoms with Gasteiger partial charge in [0.05, 0.1) is 12.2 Å². The van der Waals surface area contributed by atoms with Gasteiger partial charge in [0, 0.05) is 24.3 Å². The van der Waals surface area contributed by atoms with Gasteiger partial charge in [-0.3, -0.25) is 4.79 Å². The fourth-order valence-corrected chi connectivity index (χ4v) is 2.84. The molecule has 96 valence electrons. The molecule has 2 N–H and O–H groups in total. The minimum absolute atomic E-state index is 0.0833. The molecule has 2 atom stereocenters. The lowest BCUT2D eigenvalue weighted by atomic mass is 10.1. The van der Waals surface area contributed by atoms with Crippen LogP contribution in [0.4, 0.5) is 5.69 Å². The number of rotatable bonds is 1. The minimum Gasteiger partial charge on any atom is -0.398 e. The first kappa shape index (κ1) is 11.5. The molecular weight excluding hydrogens is 228 g/mol. The molecule has 2 bridgehead atoms. The molecule has 1 amide bonds. The van der Waals surface area contributed by atoms with Crippen LogP contribution in [0.2, 0.25) is 0 Å². The SMILES string of the molecule is Cc1c(N)cccc1C(=O)N1CC2CCC(C1)O2. The van der Waals surface area contributed by atoms with E-state index in [1.807, 2.05) is 30.0 Å². The molecule has 0 aliphatic carbocycles. The molecule has 1 aromatic rings. The third-order valence-electron chi connectivity index (χ3n) is 3.94. The Labute approximate surface area is 107 Å². The zero-order valence-corrected chi connectivity index (χ0v) is 10.6. The molecule has 0 spiro atoms. The Morgan fingerprint density at radius 1 is 1.33 bits per heavy atom. The van der Waals surface area contributed by atoms with Gasteiger partial charge in [-0.15, -0.1) is 0 Å².